The Labute approximate surface area is 170 Å². The molecule has 2 unspecified atom stereocenters. The van der Waals surface area contributed by atoms with Crippen LogP contribution in [0.25, 0.3) is 0 Å². The standard InChI is InChI=1S/C21H20BrFO5/c1-20(13-26-16(24)14-9-5-3-6-10-14)18(21(2,23)19(22)28-20)27-17(25)15-11-7-4-8-12-15/h3-12,18-19H,13H2,1-2H3/t18-,19+,20?,21?/m0/s1. The predicted octanol–water partition coefficient (Wildman–Crippen LogP) is 4.31. The van der Waals surface area contributed by atoms with Gasteiger partial charge in [0.15, 0.2) is 16.8 Å². The summed E-state index contributed by atoms with van der Waals surface area (Å²) in [4.78, 5) is 24.7. The lowest BCUT2D eigenvalue weighted by molar-refractivity contribution is -0.0978. The first-order valence-corrected chi connectivity index (χ1v) is 9.64. The molecule has 1 aliphatic rings. The molecule has 1 saturated heterocycles. The number of hydrogen-bond donors (Lipinski definition) is 0. The van der Waals surface area contributed by atoms with Crippen LogP contribution in [-0.2, 0) is 14.2 Å². The van der Waals surface area contributed by atoms with E-state index in [0.717, 1.165) is 0 Å². The summed E-state index contributed by atoms with van der Waals surface area (Å²) in [5.41, 5.74) is -2.74. The van der Waals surface area contributed by atoms with Crippen LogP contribution in [0.4, 0.5) is 4.39 Å². The molecule has 2 aromatic rings. The Morgan fingerprint density at radius 3 is 2.04 bits per heavy atom. The number of rotatable bonds is 5. The molecule has 4 atom stereocenters. The van der Waals surface area contributed by atoms with E-state index in [2.05, 4.69) is 15.9 Å². The van der Waals surface area contributed by atoms with Crippen molar-refractivity contribution in [1.82, 2.24) is 0 Å². The highest BCUT2D eigenvalue weighted by molar-refractivity contribution is 9.09. The molecule has 0 amide bonds. The maximum atomic E-state index is 15.3. The first-order valence-electron chi connectivity index (χ1n) is 8.73. The minimum absolute atomic E-state index is 0.283. The smallest absolute Gasteiger partial charge is 0.338 e. The molecular formula is C21H20BrFO5. The number of ether oxygens (including phenoxy) is 3. The molecule has 1 heterocycles. The summed E-state index contributed by atoms with van der Waals surface area (Å²) in [6.07, 6.45) is -1.29. The maximum absolute atomic E-state index is 15.3. The van der Waals surface area contributed by atoms with E-state index in [9.17, 15) is 9.59 Å². The van der Waals surface area contributed by atoms with Crippen LogP contribution < -0.4 is 0 Å². The van der Waals surface area contributed by atoms with E-state index >= 15 is 4.39 Å². The van der Waals surface area contributed by atoms with Crippen molar-refractivity contribution in [2.24, 2.45) is 0 Å². The SMILES string of the molecule is CC1(COC(=O)c2ccccc2)O[C@@H](Br)C(C)(F)[C@H]1OC(=O)c1ccccc1. The third kappa shape index (κ3) is 4.10. The van der Waals surface area contributed by atoms with Gasteiger partial charge in [-0.2, -0.15) is 0 Å². The highest BCUT2D eigenvalue weighted by Gasteiger charge is 2.63. The van der Waals surface area contributed by atoms with Crippen LogP contribution >= 0.6 is 15.9 Å². The second-order valence-corrected chi connectivity index (χ2v) is 7.82. The molecule has 0 aromatic heterocycles. The fourth-order valence-corrected chi connectivity index (χ4v) is 3.76. The summed E-state index contributed by atoms with van der Waals surface area (Å²) in [6.45, 7) is 2.54. The molecule has 148 valence electrons. The number of esters is 2. The van der Waals surface area contributed by atoms with Gasteiger partial charge in [0.1, 0.15) is 12.2 Å². The van der Waals surface area contributed by atoms with Gasteiger partial charge in [0.05, 0.1) is 11.1 Å². The summed E-state index contributed by atoms with van der Waals surface area (Å²) >= 11 is 3.14. The second kappa shape index (κ2) is 8.01. The lowest BCUT2D eigenvalue weighted by Crippen LogP contribution is -2.50. The lowest BCUT2D eigenvalue weighted by atomic mass is 9.91. The van der Waals surface area contributed by atoms with Crippen molar-refractivity contribution in [3.05, 3.63) is 71.8 Å². The Hall–Kier alpha value is -2.25. The zero-order valence-corrected chi connectivity index (χ0v) is 17.0. The Morgan fingerprint density at radius 1 is 1.00 bits per heavy atom. The van der Waals surface area contributed by atoms with Crippen molar-refractivity contribution < 1.29 is 28.2 Å². The predicted molar refractivity (Wildman–Crippen MR) is 104 cm³/mol. The number of carbonyl (C=O) groups is 2. The summed E-state index contributed by atoms with van der Waals surface area (Å²) in [6, 6.07) is 16.7. The van der Waals surface area contributed by atoms with E-state index in [-0.39, 0.29) is 6.61 Å². The maximum Gasteiger partial charge on any atom is 0.338 e. The van der Waals surface area contributed by atoms with Gasteiger partial charge >= 0.3 is 11.9 Å². The second-order valence-electron chi connectivity index (χ2n) is 6.99. The molecule has 0 radical (unpaired) electrons. The monoisotopic (exact) mass is 450 g/mol. The van der Waals surface area contributed by atoms with Crippen LogP contribution in [0, 0.1) is 0 Å². The van der Waals surface area contributed by atoms with Gasteiger partial charge in [-0.1, -0.05) is 52.3 Å². The molecule has 0 aliphatic carbocycles. The van der Waals surface area contributed by atoms with Crippen molar-refractivity contribution in [1.29, 1.82) is 0 Å². The van der Waals surface area contributed by atoms with E-state index in [1.54, 1.807) is 67.6 Å². The minimum atomic E-state index is -2.03. The van der Waals surface area contributed by atoms with Gasteiger partial charge in [0, 0.05) is 0 Å². The Morgan fingerprint density at radius 2 is 1.50 bits per heavy atom. The summed E-state index contributed by atoms with van der Waals surface area (Å²) < 4.78 is 31.8. The Balaban J connectivity index is 1.77. The highest BCUT2D eigenvalue weighted by atomic mass is 79.9. The van der Waals surface area contributed by atoms with Crippen LogP contribution in [0.15, 0.2) is 60.7 Å². The largest absolute Gasteiger partial charge is 0.459 e. The van der Waals surface area contributed by atoms with Gasteiger partial charge in [0.25, 0.3) is 0 Å². The number of carbonyl (C=O) groups excluding carboxylic acids is 2. The van der Waals surface area contributed by atoms with Gasteiger partial charge < -0.3 is 14.2 Å². The summed E-state index contributed by atoms with van der Waals surface area (Å²) in [5.74, 6) is -1.25. The van der Waals surface area contributed by atoms with E-state index in [1.807, 2.05) is 0 Å². The molecule has 5 nitrogen and oxygen atoms in total. The summed E-state index contributed by atoms with van der Waals surface area (Å²) in [7, 11) is 0. The highest BCUT2D eigenvalue weighted by Crippen LogP contribution is 2.45. The molecule has 1 fully saturated rings. The van der Waals surface area contributed by atoms with Gasteiger partial charge in [-0.05, 0) is 38.1 Å². The van der Waals surface area contributed by atoms with Crippen LogP contribution in [0.5, 0.6) is 0 Å². The Bertz CT molecular complexity index is 842. The van der Waals surface area contributed by atoms with Crippen molar-refractivity contribution in [2.75, 3.05) is 6.61 Å². The van der Waals surface area contributed by atoms with Gasteiger partial charge in [-0.25, -0.2) is 14.0 Å². The zero-order valence-electron chi connectivity index (χ0n) is 15.4. The van der Waals surface area contributed by atoms with Crippen LogP contribution in [0.2, 0.25) is 0 Å². The molecular weight excluding hydrogens is 431 g/mol. The van der Waals surface area contributed by atoms with Gasteiger partial charge in [0.2, 0.25) is 0 Å². The molecule has 0 N–H and O–H groups in total. The fraction of sp³-hybridized carbons (Fsp3) is 0.333. The van der Waals surface area contributed by atoms with Gasteiger partial charge in [-0.15, -0.1) is 0 Å². The van der Waals surface area contributed by atoms with Crippen molar-refractivity contribution in [3.8, 4) is 0 Å². The normalized spacial score (nSPS) is 29.3. The van der Waals surface area contributed by atoms with E-state index < -0.39 is 34.3 Å². The topological polar surface area (TPSA) is 61.8 Å². The molecule has 7 heteroatoms. The molecule has 28 heavy (non-hydrogen) atoms. The summed E-state index contributed by atoms with van der Waals surface area (Å²) in [5, 5.41) is -1.03. The average molecular weight is 451 g/mol. The third-order valence-electron chi connectivity index (χ3n) is 4.62. The van der Waals surface area contributed by atoms with Crippen molar-refractivity contribution >= 4 is 27.9 Å². The molecule has 0 saturated carbocycles. The van der Waals surface area contributed by atoms with Crippen molar-refractivity contribution in [2.45, 2.75) is 36.2 Å². The fourth-order valence-electron chi connectivity index (χ4n) is 3.09. The van der Waals surface area contributed by atoms with Gasteiger partial charge in [-0.3, -0.25) is 0 Å². The van der Waals surface area contributed by atoms with E-state index in [4.69, 9.17) is 14.2 Å². The third-order valence-corrected chi connectivity index (χ3v) is 5.70. The minimum Gasteiger partial charge on any atom is -0.459 e. The number of benzene rings is 2. The number of hydrogen-bond acceptors (Lipinski definition) is 5. The first kappa shape index (κ1) is 20.5. The Kier molecular flexibility index (Phi) is 5.86. The molecule has 0 bridgehead atoms. The van der Waals surface area contributed by atoms with Crippen molar-refractivity contribution in [3.63, 3.8) is 0 Å². The molecule has 3 rings (SSSR count). The molecule has 1 aliphatic heterocycles. The van der Waals surface area contributed by atoms with E-state index in [1.165, 1.54) is 6.92 Å². The molecule has 2 aromatic carbocycles. The van der Waals surface area contributed by atoms with Crippen LogP contribution in [0.3, 0.4) is 0 Å². The van der Waals surface area contributed by atoms with Crippen LogP contribution in [0.1, 0.15) is 34.6 Å². The van der Waals surface area contributed by atoms with Crippen LogP contribution in [-0.4, -0.2) is 40.9 Å². The number of alkyl halides is 2. The molecule has 0 spiro atoms. The zero-order chi connectivity index (χ0) is 20.4. The average Bonchev–Trinajstić information content (AvgIpc) is 2.87. The van der Waals surface area contributed by atoms with E-state index in [0.29, 0.717) is 11.1 Å². The number of halogens is 2. The first-order chi connectivity index (χ1) is 13.2. The lowest BCUT2D eigenvalue weighted by Gasteiger charge is -2.32. The quantitative estimate of drug-likeness (QED) is 0.501.